The van der Waals surface area contributed by atoms with E-state index in [4.69, 9.17) is 18.0 Å². The van der Waals surface area contributed by atoms with Gasteiger partial charge in [-0.3, -0.25) is 9.69 Å². The number of anilines is 1. The smallest absolute Gasteiger partial charge is 0.238 e. The third kappa shape index (κ3) is 4.49. The van der Waals surface area contributed by atoms with Crippen LogP contribution in [0, 0.1) is 0 Å². The largest absolute Gasteiger partial charge is 0.389 e. The number of likely N-dealkylation sites (N-methyl/N-ethyl adjacent to an activating group) is 1. The standard InChI is InChI=1S/C15H22N4OS/c1-11-9-18(2)6-7-19(11)10-14(20)17-13-5-3-4-12(8-13)15(16)21/h3-5,8,11H,6-7,9-10H2,1-2H3,(H2,16,21)(H,17,20). The van der Waals surface area contributed by atoms with Crippen molar-refractivity contribution in [1.82, 2.24) is 9.80 Å². The van der Waals surface area contributed by atoms with Crippen LogP contribution in [0.2, 0.25) is 0 Å². The van der Waals surface area contributed by atoms with Crippen molar-refractivity contribution in [2.24, 2.45) is 5.73 Å². The lowest BCUT2D eigenvalue weighted by atomic mass is 10.2. The number of benzene rings is 1. The zero-order valence-corrected chi connectivity index (χ0v) is 13.3. The van der Waals surface area contributed by atoms with Crippen LogP contribution in [0.5, 0.6) is 0 Å². The first-order chi connectivity index (χ1) is 9.95. The summed E-state index contributed by atoms with van der Waals surface area (Å²) in [4.78, 5) is 17.0. The predicted octanol–water partition coefficient (Wildman–Crippen LogP) is 0.895. The zero-order chi connectivity index (χ0) is 15.4. The molecule has 1 fully saturated rings. The summed E-state index contributed by atoms with van der Waals surface area (Å²) >= 11 is 4.94. The molecule has 114 valence electrons. The summed E-state index contributed by atoms with van der Waals surface area (Å²) in [7, 11) is 2.11. The maximum absolute atomic E-state index is 12.2. The minimum atomic E-state index is -0.00788. The van der Waals surface area contributed by atoms with Gasteiger partial charge in [0.25, 0.3) is 0 Å². The van der Waals surface area contributed by atoms with Crippen LogP contribution in [0.3, 0.4) is 0 Å². The van der Waals surface area contributed by atoms with Crippen LogP contribution >= 0.6 is 12.2 Å². The minimum absolute atomic E-state index is 0.00788. The molecule has 5 nitrogen and oxygen atoms in total. The third-order valence-electron chi connectivity index (χ3n) is 3.75. The Morgan fingerprint density at radius 1 is 1.48 bits per heavy atom. The van der Waals surface area contributed by atoms with Gasteiger partial charge < -0.3 is 16.0 Å². The highest BCUT2D eigenvalue weighted by atomic mass is 32.1. The molecule has 2 rings (SSSR count). The van der Waals surface area contributed by atoms with Crippen molar-refractivity contribution in [3.8, 4) is 0 Å². The molecule has 21 heavy (non-hydrogen) atoms. The van der Waals surface area contributed by atoms with Crippen molar-refractivity contribution in [2.45, 2.75) is 13.0 Å². The third-order valence-corrected chi connectivity index (χ3v) is 3.98. The van der Waals surface area contributed by atoms with E-state index in [0.29, 0.717) is 17.6 Å². The quantitative estimate of drug-likeness (QED) is 0.809. The number of thiocarbonyl (C=S) groups is 1. The van der Waals surface area contributed by atoms with Crippen molar-refractivity contribution < 1.29 is 4.79 Å². The van der Waals surface area contributed by atoms with E-state index in [1.165, 1.54) is 0 Å². The van der Waals surface area contributed by atoms with E-state index in [1.807, 2.05) is 18.2 Å². The van der Waals surface area contributed by atoms with Gasteiger partial charge in [0.05, 0.1) is 6.54 Å². The van der Waals surface area contributed by atoms with Crippen LogP contribution in [-0.2, 0) is 4.79 Å². The van der Waals surface area contributed by atoms with Crippen LogP contribution in [0.1, 0.15) is 12.5 Å². The van der Waals surface area contributed by atoms with Crippen LogP contribution in [0.25, 0.3) is 0 Å². The predicted molar refractivity (Wildman–Crippen MR) is 89.5 cm³/mol. The highest BCUT2D eigenvalue weighted by molar-refractivity contribution is 7.80. The lowest BCUT2D eigenvalue weighted by Gasteiger charge is -2.37. The molecule has 1 aliphatic rings. The van der Waals surface area contributed by atoms with Crippen molar-refractivity contribution in [3.05, 3.63) is 29.8 Å². The molecular formula is C15H22N4OS. The first-order valence-corrected chi connectivity index (χ1v) is 7.49. The molecule has 1 aromatic rings. The van der Waals surface area contributed by atoms with Crippen LogP contribution in [0.15, 0.2) is 24.3 Å². The van der Waals surface area contributed by atoms with Gasteiger partial charge in [-0.1, -0.05) is 24.4 Å². The summed E-state index contributed by atoms with van der Waals surface area (Å²) in [6.07, 6.45) is 0. The molecule has 1 atom stereocenters. The van der Waals surface area contributed by atoms with E-state index >= 15 is 0 Å². The van der Waals surface area contributed by atoms with E-state index in [1.54, 1.807) is 6.07 Å². The molecule has 3 N–H and O–H groups in total. The minimum Gasteiger partial charge on any atom is -0.389 e. The topological polar surface area (TPSA) is 61.6 Å². The van der Waals surface area contributed by atoms with Gasteiger partial charge >= 0.3 is 0 Å². The van der Waals surface area contributed by atoms with Gasteiger partial charge in [-0.15, -0.1) is 0 Å². The first kappa shape index (κ1) is 15.9. The molecule has 0 spiro atoms. The van der Waals surface area contributed by atoms with E-state index in [9.17, 15) is 4.79 Å². The number of nitrogens with zero attached hydrogens (tertiary/aromatic N) is 2. The average molecular weight is 306 g/mol. The normalized spacial score (nSPS) is 20.2. The van der Waals surface area contributed by atoms with E-state index in [2.05, 4.69) is 29.1 Å². The maximum Gasteiger partial charge on any atom is 0.238 e. The van der Waals surface area contributed by atoms with Crippen molar-refractivity contribution in [2.75, 3.05) is 38.5 Å². The van der Waals surface area contributed by atoms with E-state index < -0.39 is 0 Å². The first-order valence-electron chi connectivity index (χ1n) is 7.08. The second-order valence-electron chi connectivity index (χ2n) is 5.57. The molecule has 0 aromatic heterocycles. The van der Waals surface area contributed by atoms with Gasteiger partial charge in [0, 0.05) is 36.9 Å². The molecule has 1 amide bonds. The van der Waals surface area contributed by atoms with E-state index in [-0.39, 0.29) is 5.91 Å². The molecular weight excluding hydrogens is 284 g/mol. The number of hydrogen-bond acceptors (Lipinski definition) is 4. The summed E-state index contributed by atoms with van der Waals surface area (Å²) < 4.78 is 0. The second-order valence-corrected chi connectivity index (χ2v) is 6.01. The van der Waals surface area contributed by atoms with Crippen molar-refractivity contribution in [3.63, 3.8) is 0 Å². The molecule has 1 aromatic carbocycles. The Hall–Kier alpha value is -1.50. The average Bonchev–Trinajstić information content (AvgIpc) is 2.42. The Morgan fingerprint density at radius 2 is 2.24 bits per heavy atom. The summed E-state index contributed by atoms with van der Waals surface area (Å²) in [6.45, 7) is 5.46. The summed E-state index contributed by atoms with van der Waals surface area (Å²) in [5.74, 6) is -0.00788. The van der Waals surface area contributed by atoms with Gasteiger partial charge in [0.2, 0.25) is 5.91 Å². The Labute approximate surface area is 131 Å². The molecule has 0 bridgehead atoms. The number of nitrogens with one attached hydrogen (secondary N) is 1. The summed E-state index contributed by atoms with van der Waals surface area (Å²) in [5, 5.41) is 2.91. The molecule has 1 saturated heterocycles. The number of hydrogen-bond donors (Lipinski definition) is 2. The van der Waals surface area contributed by atoms with Gasteiger partial charge in [-0.05, 0) is 26.1 Å². The van der Waals surface area contributed by atoms with Gasteiger partial charge in [-0.25, -0.2) is 0 Å². The Kier molecular flexibility index (Phi) is 5.27. The fourth-order valence-corrected chi connectivity index (χ4v) is 2.67. The molecule has 6 heteroatoms. The van der Waals surface area contributed by atoms with Crippen LogP contribution in [0.4, 0.5) is 5.69 Å². The van der Waals surface area contributed by atoms with Gasteiger partial charge in [0.15, 0.2) is 0 Å². The lowest BCUT2D eigenvalue weighted by Crippen LogP contribution is -2.52. The summed E-state index contributed by atoms with van der Waals surface area (Å²) in [6, 6.07) is 7.70. The number of carbonyl (C=O) groups excluding carboxylic acids is 1. The molecule has 0 saturated carbocycles. The Balaban J connectivity index is 1.92. The SMILES string of the molecule is CC1CN(C)CCN1CC(=O)Nc1cccc(C(N)=S)c1. The monoisotopic (exact) mass is 306 g/mol. The molecule has 0 radical (unpaired) electrons. The highest BCUT2D eigenvalue weighted by Crippen LogP contribution is 2.12. The number of piperazine rings is 1. The van der Waals surface area contributed by atoms with Crippen molar-refractivity contribution >= 4 is 28.8 Å². The van der Waals surface area contributed by atoms with Crippen LogP contribution < -0.4 is 11.1 Å². The van der Waals surface area contributed by atoms with Crippen molar-refractivity contribution in [1.29, 1.82) is 0 Å². The number of carbonyl (C=O) groups is 1. The molecule has 1 heterocycles. The maximum atomic E-state index is 12.2. The molecule has 1 aliphatic heterocycles. The molecule has 0 aliphatic carbocycles. The fraction of sp³-hybridized carbons (Fsp3) is 0.467. The van der Waals surface area contributed by atoms with Gasteiger partial charge in [-0.2, -0.15) is 0 Å². The van der Waals surface area contributed by atoms with E-state index in [0.717, 1.165) is 30.9 Å². The number of nitrogens with two attached hydrogens (primary N) is 1. The Morgan fingerprint density at radius 3 is 2.90 bits per heavy atom. The zero-order valence-electron chi connectivity index (χ0n) is 12.5. The summed E-state index contributed by atoms with van der Waals surface area (Å²) in [5.41, 5.74) is 7.09. The second kappa shape index (κ2) is 6.98. The highest BCUT2D eigenvalue weighted by Gasteiger charge is 2.23. The van der Waals surface area contributed by atoms with Crippen LogP contribution in [-0.4, -0.2) is 60.0 Å². The Bertz CT molecular complexity index is 534. The number of rotatable bonds is 4. The van der Waals surface area contributed by atoms with Gasteiger partial charge in [0.1, 0.15) is 4.99 Å². The molecule has 1 unspecified atom stereocenters. The number of amides is 1. The fourth-order valence-electron chi connectivity index (χ4n) is 2.55. The lowest BCUT2D eigenvalue weighted by molar-refractivity contribution is -0.118.